The molecule has 0 unspecified atom stereocenters. The number of nitrogens with one attached hydrogen (secondary N) is 1. The standard InChI is InChI=1S/C12H13N3O2S2/c16-19(17,11-4-5-18-8-11)15-10-6-13-12(14-7-10)9-2-1-3-9/h4-9,15H,1-3H2. The number of sulfonamides is 1. The van der Waals surface area contributed by atoms with Gasteiger partial charge in [0.2, 0.25) is 0 Å². The lowest BCUT2D eigenvalue weighted by Gasteiger charge is -2.23. The van der Waals surface area contributed by atoms with Gasteiger partial charge in [0.15, 0.2) is 0 Å². The average molecular weight is 295 g/mol. The number of nitrogens with zero attached hydrogens (tertiary/aromatic N) is 2. The summed E-state index contributed by atoms with van der Waals surface area (Å²) in [4.78, 5) is 8.73. The predicted molar refractivity (Wildman–Crippen MR) is 73.8 cm³/mol. The molecular weight excluding hydrogens is 282 g/mol. The molecule has 1 fully saturated rings. The first-order valence-corrected chi connectivity index (χ1v) is 8.45. The van der Waals surface area contributed by atoms with E-state index >= 15 is 0 Å². The maximum absolute atomic E-state index is 12.0. The summed E-state index contributed by atoms with van der Waals surface area (Å²) in [5.41, 5.74) is 0.397. The first kappa shape index (κ1) is 12.6. The second-order valence-corrected chi connectivity index (χ2v) is 6.98. The minimum absolute atomic E-state index is 0.264. The van der Waals surface area contributed by atoms with Crippen LogP contribution >= 0.6 is 11.3 Å². The summed E-state index contributed by atoms with van der Waals surface area (Å²) in [6.45, 7) is 0. The van der Waals surface area contributed by atoms with Gasteiger partial charge in [0.25, 0.3) is 10.0 Å². The third-order valence-corrected chi connectivity index (χ3v) is 5.41. The lowest BCUT2D eigenvalue weighted by molar-refractivity contribution is 0.401. The van der Waals surface area contributed by atoms with Gasteiger partial charge in [0.1, 0.15) is 5.82 Å². The van der Waals surface area contributed by atoms with Gasteiger partial charge in [0.05, 0.1) is 23.0 Å². The minimum Gasteiger partial charge on any atom is -0.276 e. The Morgan fingerprint density at radius 1 is 1.26 bits per heavy atom. The van der Waals surface area contributed by atoms with Gasteiger partial charge in [-0.2, -0.15) is 11.3 Å². The SMILES string of the molecule is O=S(=O)(Nc1cnc(C2CCC2)nc1)c1ccsc1. The number of aromatic nitrogens is 2. The Morgan fingerprint density at radius 2 is 2.00 bits per heavy atom. The van der Waals surface area contributed by atoms with Crippen molar-refractivity contribution in [2.75, 3.05) is 4.72 Å². The molecule has 19 heavy (non-hydrogen) atoms. The molecule has 2 heterocycles. The van der Waals surface area contributed by atoms with Crippen LogP contribution < -0.4 is 4.72 Å². The monoisotopic (exact) mass is 295 g/mol. The third kappa shape index (κ3) is 2.62. The van der Waals surface area contributed by atoms with Crippen LogP contribution in [0.3, 0.4) is 0 Å². The lowest BCUT2D eigenvalue weighted by Crippen LogP contribution is -2.15. The Hall–Kier alpha value is -1.47. The Labute approximate surface area is 115 Å². The zero-order chi connectivity index (χ0) is 13.3. The number of thiophene rings is 1. The lowest BCUT2D eigenvalue weighted by atomic mass is 9.85. The minimum atomic E-state index is -3.51. The van der Waals surface area contributed by atoms with Crippen LogP contribution in [0.25, 0.3) is 0 Å². The highest BCUT2D eigenvalue weighted by Gasteiger charge is 2.22. The van der Waals surface area contributed by atoms with Crippen LogP contribution in [0.2, 0.25) is 0 Å². The van der Waals surface area contributed by atoms with Gasteiger partial charge >= 0.3 is 0 Å². The van der Waals surface area contributed by atoms with Crippen LogP contribution in [0.5, 0.6) is 0 Å². The maximum Gasteiger partial charge on any atom is 0.262 e. The molecule has 0 saturated heterocycles. The normalized spacial score (nSPS) is 16.0. The Morgan fingerprint density at radius 3 is 2.53 bits per heavy atom. The molecule has 0 amide bonds. The van der Waals surface area contributed by atoms with Crippen molar-refractivity contribution in [3.8, 4) is 0 Å². The summed E-state index contributed by atoms with van der Waals surface area (Å²) in [7, 11) is -3.51. The zero-order valence-electron chi connectivity index (χ0n) is 10.1. The fourth-order valence-electron chi connectivity index (χ4n) is 1.89. The molecule has 7 heteroatoms. The van der Waals surface area contributed by atoms with Gasteiger partial charge in [-0.1, -0.05) is 6.42 Å². The van der Waals surface area contributed by atoms with E-state index in [-0.39, 0.29) is 4.90 Å². The number of hydrogen-bond acceptors (Lipinski definition) is 5. The molecule has 0 spiro atoms. The van der Waals surface area contributed by atoms with Crippen LogP contribution in [0, 0.1) is 0 Å². The molecule has 2 aromatic heterocycles. The molecule has 0 atom stereocenters. The highest BCUT2D eigenvalue weighted by atomic mass is 32.2. The molecule has 0 radical (unpaired) electrons. The Kier molecular flexibility index (Phi) is 3.24. The zero-order valence-corrected chi connectivity index (χ0v) is 11.7. The molecule has 5 nitrogen and oxygen atoms in total. The van der Waals surface area contributed by atoms with E-state index in [1.807, 2.05) is 0 Å². The van der Waals surface area contributed by atoms with Crippen LogP contribution in [0.1, 0.15) is 31.0 Å². The molecule has 2 aromatic rings. The Balaban J connectivity index is 1.76. The van der Waals surface area contributed by atoms with Crippen LogP contribution in [-0.4, -0.2) is 18.4 Å². The van der Waals surface area contributed by atoms with E-state index in [2.05, 4.69) is 14.7 Å². The first-order valence-electron chi connectivity index (χ1n) is 6.02. The van der Waals surface area contributed by atoms with E-state index in [4.69, 9.17) is 0 Å². The van der Waals surface area contributed by atoms with E-state index in [1.54, 1.807) is 16.8 Å². The summed E-state index contributed by atoms with van der Waals surface area (Å²) in [5, 5.41) is 3.32. The number of hydrogen-bond donors (Lipinski definition) is 1. The van der Waals surface area contributed by atoms with Gasteiger partial charge in [-0.15, -0.1) is 0 Å². The highest BCUT2D eigenvalue weighted by molar-refractivity contribution is 7.92. The van der Waals surface area contributed by atoms with Crippen molar-refractivity contribution < 1.29 is 8.42 Å². The van der Waals surface area contributed by atoms with Crippen molar-refractivity contribution in [1.82, 2.24) is 9.97 Å². The van der Waals surface area contributed by atoms with Crippen molar-refractivity contribution in [2.45, 2.75) is 30.1 Å². The van der Waals surface area contributed by atoms with Crippen LogP contribution in [0.4, 0.5) is 5.69 Å². The summed E-state index contributed by atoms with van der Waals surface area (Å²) >= 11 is 1.34. The van der Waals surface area contributed by atoms with Crippen LogP contribution in [-0.2, 0) is 10.0 Å². The van der Waals surface area contributed by atoms with E-state index in [0.717, 1.165) is 18.7 Å². The summed E-state index contributed by atoms with van der Waals surface area (Å²) in [6, 6.07) is 1.57. The molecule has 1 saturated carbocycles. The van der Waals surface area contributed by atoms with E-state index in [9.17, 15) is 8.42 Å². The fourth-order valence-corrected chi connectivity index (χ4v) is 3.94. The van der Waals surface area contributed by atoms with E-state index < -0.39 is 10.0 Å². The van der Waals surface area contributed by atoms with Gasteiger partial charge < -0.3 is 0 Å². The molecule has 0 aromatic carbocycles. The van der Waals surface area contributed by atoms with E-state index in [0.29, 0.717) is 11.6 Å². The highest BCUT2D eigenvalue weighted by Crippen LogP contribution is 2.34. The molecule has 0 bridgehead atoms. The molecule has 1 aliphatic rings. The topological polar surface area (TPSA) is 72.0 Å². The molecule has 1 aliphatic carbocycles. The summed E-state index contributed by atoms with van der Waals surface area (Å²) in [6.07, 6.45) is 6.54. The molecular formula is C12H13N3O2S2. The maximum atomic E-state index is 12.0. The average Bonchev–Trinajstić information content (AvgIpc) is 2.83. The van der Waals surface area contributed by atoms with Crippen LogP contribution in [0.15, 0.2) is 34.1 Å². The van der Waals surface area contributed by atoms with E-state index in [1.165, 1.54) is 30.2 Å². The van der Waals surface area contributed by atoms with Crippen molar-refractivity contribution in [2.24, 2.45) is 0 Å². The summed E-state index contributed by atoms with van der Waals surface area (Å²) in [5.74, 6) is 1.26. The van der Waals surface area contributed by atoms with Gasteiger partial charge in [0, 0.05) is 11.3 Å². The van der Waals surface area contributed by atoms with Gasteiger partial charge in [-0.3, -0.25) is 4.72 Å². The molecule has 100 valence electrons. The third-order valence-electron chi connectivity index (χ3n) is 3.20. The molecule has 1 N–H and O–H groups in total. The second kappa shape index (κ2) is 4.90. The fraction of sp³-hybridized carbons (Fsp3) is 0.333. The number of rotatable bonds is 4. The summed E-state index contributed by atoms with van der Waals surface area (Å²) < 4.78 is 26.5. The molecule has 3 rings (SSSR count). The van der Waals surface area contributed by atoms with Crippen molar-refractivity contribution in [3.63, 3.8) is 0 Å². The Bertz CT molecular complexity index is 647. The second-order valence-electron chi connectivity index (χ2n) is 4.52. The number of anilines is 1. The van der Waals surface area contributed by atoms with Crippen molar-refractivity contribution >= 4 is 27.0 Å². The predicted octanol–water partition coefficient (Wildman–Crippen LogP) is 2.61. The smallest absolute Gasteiger partial charge is 0.262 e. The quantitative estimate of drug-likeness (QED) is 0.941. The molecule has 0 aliphatic heterocycles. The first-order chi connectivity index (χ1) is 9.15. The van der Waals surface area contributed by atoms with Crippen molar-refractivity contribution in [3.05, 3.63) is 35.0 Å². The van der Waals surface area contributed by atoms with Gasteiger partial charge in [-0.05, 0) is 24.3 Å². The van der Waals surface area contributed by atoms with Crippen molar-refractivity contribution in [1.29, 1.82) is 0 Å². The van der Waals surface area contributed by atoms with Gasteiger partial charge in [-0.25, -0.2) is 18.4 Å². The largest absolute Gasteiger partial charge is 0.276 e.